The van der Waals surface area contributed by atoms with Crippen LogP contribution >= 0.6 is 11.6 Å². The third-order valence-corrected chi connectivity index (χ3v) is 2.91. The van der Waals surface area contributed by atoms with E-state index in [1.807, 2.05) is 0 Å². The quantitative estimate of drug-likeness (QED) is 0.810. The zero-order valence-corrected chi connectivity index (χ0v) is 9.75. The van der Waals surface area contributed by atoms with Crippen molar-refractivity contribution >= 4 is 23.3 Å². The monoisotopic (exact) mass is 258 g/mol. The molecule has 1 fully saturated rings. The Bertz CT molecular complexity index is 441. The molecule has 4 nitrogen and oxygen atoms in total. The highest BCUT2D eigenvalue weighted by molar-refractivity contribution is 6.31. The Balaban J connectivity index is 2.00. The average Bonchev–Trinajstić information content (AvgIpc) is 2.70. The molecule has 1 aromatic carbocycles. The van der Waals surface area contributed by atoms with Gasteiger partial charge in [0, 0.05) is 18.8 Å². The molecule has 17 heavy (non-hydrogen) atoms. The number of anilines is 1. The number of likely N-dealkylation sites (tertiary alicyclic amines) is 1. The minimum atomic E-state index is -0.527. The molecule has 0 radical (unpaired) electrons. The van der Waals surface area contributed by atoms with Crippen molar-refractivity contribution in [2.24, 2.45) is 0 Å². The van der Waals surface area contributed by atoms with Crippen LogP contribution in [0.25, 0.3) is 0 Å². The lowest BCUT2D eigenvalue weighted by atomic mass is 10.3. The minimum Gasteiger partial charge on any atom is -0.391 e. The summed E-state index contributed by atoms with van der Waals surface area (Å²) in [7, 11) is 0. The van der Waals surface area contributed by atoms with E-state index in [0.29, 0.717) is 25.2 Å². The number of aliphatic hydroxyl groups is 1. The fourth-order valence-electron chi connectivity index (χ4n) is 1.70. The van der Waals surface area contributed by atoms with Gasteiger partial charge in [0.25, 0.3) is 0 Å². The third-order valence-electron chi connectivity index (χ3n) is 2.62. The van der Waals surface area contributed by atoms with Gasteiger partial charge < -0.3 is 15.3 Å². The zero-order valence-electron chi connectivity index (χ0n) is 8.99. The van der Waals surface area contributed by atoms with Crippen LogP contribution in [0.5, 0.6) is 0 Å². The Kier molecular flexibility index (Phi) is 3.49. The molecule has 2 N–H and O–H groups in total. The molecule has 1 aliphatic rings. The molecule has 1 saturated heterocycles. The highest BCUT2D eigenvalue weighted by Crippen LogP contribution is 2.20. The number of halogens is 2. The number of carbonyl (C=O) groups excluding carboxylic acids is 1. The Morgan fingerprint density at radius 2 is 2.35 bits per heavy atom. The second kappa shape index (κ2) is 4.89. The van der Waals surface area contributed by atoms with E-state index in [-0.39, 0.29) is 11.1 Å². The van der Waals surface area contributed by atoms with Crippen molar-refractivity contribution in [3.05, 3.63) is 29.0 Å². The first kappa shape index (κ1) is 12.1. The molecule has 1 atom stereocenters. The number of β-amino-alcohol motifs (C(OH)–C–C–N with tert-alkyl or cyclic N) is 1. The van der Waals surface area contributed by atoms with Gasteiger partial charge >= 0.3 is 6.03 Å². The molecule has 1 aromatic rings. The normalized spacial score (nSPS) is 19.5. The van der Waals surface area contributed by atoms with Crippen molar-refractivity contribution in [1.82, 2.24) is 4.90 Å². The number of nitrogens with zero attached hydrogens (tertiary/aromatic N) is 1. The molecule has 0 saturated carbocycles. The van der Waals surface area contributed by atoms with Crippen molar-refractivity contribution < 1.29 is 14.3 Å². The van der Waals surface area contributed by atoms with Gasteiger partial charge in [0.2, 0.25) is 0 Å². The van der Waals surface area contributed by atoms with Gasteiger partial charge in [-0.25, -0.2) is 9.18 Å². The molecular weight excluding hydrogens is 247 g/mol. The fraction of sp³-hybridized carbons (Fsp3) is 0.364. The number of amides is 2. The smallest absolute Gasteiger partial charge is 0.321 e. The van der Waals surface area contributed by atoms with E-state index < -0.39 is 11.9 Å². The summed E-state index contributed by atoms with van der Waals surface area (Å²) >= 11 is 5.60. The number of rotatable bonds is 1. The van der Waals surface area contributed by atoms with Gasteiger partial charge in [-0.3, -0.25) is 0 Å². The molecule has 1 unspecified atom stereocenters. The van der Waals surface area contributed by atoms with Gasteiger partial charge in [-0.1, -0.05) is 11.6 Å². The number of carbonyl (C=O) groups is 1. The van der Waals surface area contributed by atoms with E-state index in [1.54, 1.807) is 0 Å². The lowest BCUT2D eigenvalue weighted by molar-refractivity contribution is 0.176. The minimum absolute atomic E-state index is 0.0377. The molecule has 0 aliphatic carbocycles. The van der Waals surface area contributed by atoms with E-state index in [1.165, 1.54) is 23.1 Å². The summed E-state index contributed by atoms with van der Waals surface area (Å²) in [4.78, 5) is 13.2. The lowest BCUT2D eigenvalue weighted by Gasteiger charge is -2.16. The molecule has 92 valence electrons. The Hall–Kier alpha value is -1.33. The number of benzene rings is 1. The topological polar surface area (TPSA) is 52.6 Å². The Morgan fingerprint density at radius 1 is 1.59 bits per heavy atom. The number of nitrogens with one attached hydrogen (secondary N) is 1. The predicted molar refractivity (Wildman–Crippen MR) is 62.6 cm³/mol. The molecule has 0 aromatic heterocycles. The van der Waals surface area contributed by atoms with Gasteiger partial charge in [-0.15, -0.1) is 0 Å². The SMILES string of the molecule is O=C(Nc1ccc(F)c(Cl)c1)N1CCC(O)C1. The molecule has 1 aliphatic heterocycles. The van der Waals surface area contributed by atoms with Crippen LogP contribution in [-0.4, -0.2) is 35.2 Å². The number of urea groups is 1. The summed E-state index contributed by atoms with van der Waals surface area (Å²) in [5.41, 5.74) is 0.433. The van der Waals surface area contributed by atoms with Crippen molar-refractivity contribution in [3.63, 3.8) is 0 Å². The number of hydrogen-bond donors (Lipinski definition) is 2. The summed E-state index contributed by atoms with van der Waals surface area (Å²) in [5, 5.41) is 11.9. The molecule has 1 heterocycles. The maximum atomic E-state index is 12.9. The molecule has 0 spiro atoms. The second-order valence-electron chi connectivity index (χ2n) is 3.95. The van der Waals surface area contributed by atoms with Crippen LogP contribution in [0.3, 0.4) is 0 Å². The van der Waals surface area contributed by atoms with Crippen molar-refractivity contribution in [2.45, 2.75) is 12.5 Å². The van der Waals surface area contributed by atoms with E-state index >= 15 is 0 Å². The third kappa shape index (κ3) is 2.87. The summed E-state index contributed by atoms with van der Waals surface area (Å²) in [5.74, 6) is -0.527. The average molecular weight is 259 g/mol. The summed E-state index contributed by atoms with van der Waals surface area (Å²) < 4.78 is 12.9. The van der Waals surface area contributed by atoms with Crippen LogP contribution in [0.15, 0.2) is 18.2 Å². The summed E-state index contributed by atoms with van der Waals surface area (Å²) in [6.07, 6.45) is 0.120. The van der Waals surface area contributed by atoms with E-state index in [0.717, 1.165) is 0 Å². The Morgan fingerprint density at radius 3 is 2.94 bits per heavy atom. The largest absolute Gasteiger partial charge is 0.391 e. The highest BCUT2D eigenvalue weighted by Gasteiger charge is 2.24. The maximum absolute atomic E-state index is 12.9. The van der Waals surface area contributed by atoms with Crippen molar-refractivity contribution in [1.29, 1.82) is 0 Å². The van der Waals surface area contributed by atoms with E-state index in [9.17, 15) is 14.3 Å². The van der Waals surface area contributed by atoms with Crippen molar-refractivity contribution in [2.75, 3.05) is 18.4 Å². The van der Waals surface area contributed by atoms with Gasteiger partial charge in [-0.2, -0.15) is 0 Å². The van der Waals surface area contributed by atoms with Crippen LogP contribution in [0, 0.1) is 5.82 Å². The fourth-order valence-corrected chi connectivity index (χ4v) is 1.88. The number of aliphatic hydroxyl groups excluding tert-OH is 1. The summed E-state index contributed by atoms with van der Waals surface area (Å²) in [6, 6.07) is 3.66. The maximum Gasteiger partial charge on any atom is 0.321 e. The Labute approximate surface area is 103 Å². The van der Waals surface area contributed by atoms with E-state index in [2.05, 4.69) is 5.32 Å². The van der Waals surface area contributed by atoms with Gasteiger partial charge in [-0.05, 0) is 24.6 Å². The standard InChI is InChI=1S/C11H12ClFN2O2/c12-9-5-7(1-2-10(9)13)14-11(17)15-4-3-8(16)6-15/h1-2,5,8,16H,3-4,6H2,(H,14,17). The summed E-state index contributed by atoms with van der Waals surface area (Å²) in [6.45, 7) is 0.836. The van der Waals surface area contributed by atoms with Crippen LogP contribution in [0.1, 0.15) is 6.42 Å². The van der Waals surface area contributed by atoms with Gasteiger partial charge in [0.05, 0.1) is 11.1 Å². The van der Waals surface area contributed by atoms with Crippen molar-refractivity contribution in [3.8, 4) is 0 Å². The first-order chi connectivity index (χ1) is 8.06. The first-order valence-corrected chi connectivity index (χ1v) is 5.63. The first-order valence-electron chi connectivity index (χ1n) is 5.25. The second-order valence-corrected chi connectivity index (χ2v) is 4.35. The van der Waals surface area contributed by atoms with Crippen LogP contribution in [0.2, 0.25) is 5.02 Å². The lowest BCUT2D eigenvalue weighted by Crippen LogP contribution is -2.33. The molecule has 2 rings (SSSR count). The predicted octanol–water partition coefficient (Wildman–Crippen LogP) is 2.08. The van der Waals surface area contributed by atoms with Gasteiger partial charge in [0.15, 0.2) is 0 Å². The van der Waals surface area contributed by atoms with Crippen LogP contribution < -0.4 is 5.32 Å². The van der Waals surface area contributed by atoms with Crippen LogP contribution in [-0.2, 0) is 0 Å². The van der Waals surface area contributed by atoms with E-state index in [4.69, 9.17) is 11.6 Å². The number of hydrogen-bond acceptors (Lipinski definition) is 2. The molecule has 2 amide bonds. The molecule has 6 heteroatoms. The molecular formula is C11H12ClFN2O2. The highest BCUT2D eigenvalue weighted by atomic mass is 35.5. The molecule has 0 bridgehead atoms. The van der Waals surface area contributed by atoms with Gasteiger partial charge in [0.1, 0.15) is 5.82 Å². The van der Waals surface area contributed by atoms with Crippen LogP contribution in [0.4, 0.5) is 14.9 Å². The zero-order chi connectivity index (χ0) is 12.4.